The number of halogens is 3. The lowest BCUT2D eigenvalue weighted by molar-refractivity contribution is -0.0437. The maximum absolute atomic E-state index is 12.9. The Kier molecular flexibility index (Phi) is 4.23. The first kappa shape index (κ1) is 17.7. The van der Waals surface area contributed by atoms with Crippen molar-refractivity contribution in [1.82, 2.24) is 19.6 Å². The van der Waals surface area contributed by atoms with E-state index >= 15 is 0 Å². The molecule has 132 valence electrons. The van der Waals surface area contributed by atoms with Crippen molar-refractivity contribution in [3.63, 3.8) is 0 Å². The molecule has 0 bridgehead atoms. The number of hydrogen-bond donors (Lipinski definition) is 0. The Balaban J connectivity index is 2.07. The van der Waals surface area contributed by atoms with Crippen molar-refractivity contribution >= 4 is 27.4 Å². The quantitative estimate of drug-likeness (QED) is 0.686. The number of aryl methyl sites for hydroxylation is 2. The minimum Gasteiger partial charge on any atom is -0.216 e. The van der Waals surface area contributed by atoms with Gasteiger partial charge in [0.1, 0.15) is 0 Å². The van der Waals surface area contributed by atoms with Crippen molar-refractivity contribution in [2.45, 2.75) is 34.3 Å². The minimum atomic E-state index is -5.47. The SMILES string of the molecule is Cc1cc(C)n2nc(Sc3ccccc3S(=O)(=O)C(F)(F)F)nc2n1. The highest BCUT2D eigenvalue weighted by atomic mass is 32.2. The van der Waals surface area contributed by atoms with Gasteiger partial charge in [-0.05, 0) is 43.8 Å². The molecule has 0 aliphatic heterocycles. The smallest absolute Gasteiger partial charge is 0.216 e. The second kappa shape index (κ2) is 5.99. The normalized spacial score (nSPS) is 12.7. The molecule has 3 aromatic rings. The van der Waals surface area contributed by atoms with Gasteiger partial charge < -0.3 is 0 Å². The number of hydrogen-bond acceptors (Lipinski definition) is 6. The van der Waals surface area contributed by atoms with Crippen LogP contribution < -0.4 is 0 Å². The zero-order valence-corrected chi connectivity index (χ0v) is 14.6. The Morgan fingerprint density at radius 1 is 1.12 bits per heavy atom. The van der Waals surface area contributed by atoms with Crippen molar-refractivity contribution in [3.8, 4) is 0 Å². The van der Waals surface area contributed by atoms with Crippen LogP contribution in [-0.2, 0) is 9.84 Å². The third-order valence-corrected chi connectivity index (χ3v) is 5.85. The molecule has 6 nitrogen and oxygen atoms in total. The lowest BCUT2D eigenvalue weighted by Gasteiger charge is -2.11. The molecule has 11 heteroatoms. The summed E-state index contributed by atoms with van der Waals surface area (Å²) in [6.45, 7) is 3.56. The molecular formula is C14H11F3N4O2S2. The van der Waals surface area contributed by atoms with Crippen LogP contribution in [0.15, 0.2) is 45.3 Å². The predicted molar refractivity (Wildman–Crippen MR) is 84.1 cm³/mol. The van der Waals surface area contributed by atoms with Gasteiger partial charge in [0.05, 0.1) is 4.90 Å². The fourth-order valence-electron chi connectivity index (χ4n) is 2.17. The van der Waals surface area contributed by atoms with Crippen LogP contribution in [-0.4, -0.2) is 33.5 Å². The molecule has 0 radical (unpaired) electrons. The largest absolute Gasteiger partial charge is 0.501 e. The van der Waals surface area contributed by atoms with Crippen LogP contribution >= 0.6 is 11.8 Å². The van der Waals surface area contributed by atoms with Crippen molar-refractivity contribution in [2.75, 3.05) is 0 Å². The Morgan fingerprint density at radius 3 is 2.48 bits per heavy atom. The number of sulfone groups is 1. The lowest BCUT2D eigenvalue weighted by atomic mass is 10.4. The molecule has 0 spiro atoms. The molecule has 0 saturated carbocycles. The first-order chi connectivity index (χ1) is 11.6. The van der Waals surface area contributed by atoms with E-state index in [1.807, 2.05) is 0 Å². The van der Waals surface area contributed by atoms with Crippen LogP contribution in [0.1, 0.15) is 11.4 Å². The summed E-state index contributed by atoms with van der Waals surface area (Å²) in [5.74, 6) is 0.288. The van der Waals surface area contributed by atoms with E-state index in [1.165, 1.54) is 22.7 Å². The van der Waals surface area contributed by atoms with Crippen molar-refractivity contribution in [2.24, 2.45) is 0 Å². The fraction of sp³-hybridized carbons (Fsp3) is 0.214. The maximum atomic E-state index is 12.9. The summed E-state index contributed by atoms with van der Waals surface area (Å²) in [4.78, 5) is 7.40. The van der Waals surface area contributed by atoms with E-state index in [4.69, 9.17) is 0 Å². The van der Waals surface area contributed by atoms with Crippen molar-refractivity contribution in [1.29, 1.82) is 0 Å². The molecule has 3 rings (SSSR count). The molecule has 0 unspecified atom stereocenters. The van der Waals surface area contributed by atoms with Gasteiger partial charge in [0.2, 0.25) is 5.16 Å². The van der Waals surface area contributed by atoms with Crippen LogP contribution in [0.2, 0.25) is 0 Å². The van der Waals surface area contributed by atoms with E-state index < -0.39 is 20.2 Å². The summed E-state index contributed by atoms with van der Waals surface area (Å²) >= 11 is 0.735. The van der Waals surface area contributed by atoms with Gasteiger partial charge in [0.15, 0.2) is 0 Å². The minimum absolute atomic E-state index is 0.103. The lowest BCUT2D eigenvalue weighted by Crippen LogP contribution is -2.23. The number of nitrogens with zero attached hydrogens (tertiary/aromatic N) is 4. The van der Waals surface area contributed by atoms with Crippen LogP contribution in [0, 0.1) is 13.8 Å². The van der Waals surface area contributed by atoms with Gasteiger partial charge in [0, 0.05) is 16.3 Å². The van der Waals surface area contributed by atoms with E-state index in [0.29, 0.717) is 5.69 Å². The van der Waals surface area contributed by atoms with Gasteiger partial charge in [-0.15, -0.1) is 5.10 Å². The van der Waals surface area contributed by atoms with Crippen LogP contribution in [0.3, 0.4) is 0 Å². The van der Waals surface area contributed by atoms with E-state index in [9.17, 15) is 21.6 Å². The summed E-state index contributed by atoms with van der Waals surface area (Å²) in [6, 6.07) is 6.64. The van der Waals surface area contributed by atoms with Gasteiger partial charge in [0.25, 0.3) is 15.6 Å². The third kappa shape index (κ3) is 3.21. The van der Waals surface area contributed by atoms with E-state index in [2.05, 4.69) is 15.1 Å². The van der Waals surface area contributed by atoms with Crippen LogP contribution in [0.5, 0.6) is 0 Å². The standard InChI is InChI=1S/C14H11F3N4O2S2/c1-8-7-9(2)21-12(18-8)19-13(20-21)24-10-5-3-4-6-11(10)25(22,23)14(15,16)17/h3-7H,1-2H3. The van der Waals surface area contributed by atoms with Gasteiger partial charge in [-0.25, -0.2) is 17.9 Å². The van der Waals surface area contributed by atoms with Crippen LogP contribution in [0.4, 0.5) is 13.2 Å². The Labute approximate surface area is 145 Å². The molecule has 0 fully saturated rings. The highest BCUT2D eigenvalue weighted by Crippen LogP contribution is 2.37. The molecule has 0 N–H and O–H groups in total. The predicted octanol–water partition coefficient (Wildman–Crippen LogP) is 3.19. The highest BCUT2D eigenvalue weighted by molar-refractivity contribution is 8.00. The van der Waals surface area contributed by atoms with Gasteiger partial charge in [-0.2, -0.15) is 18.2 Å². The van der Waals surface area contributed by atoms with E-state index in [0.717, 1.165) is 23.5 Å². The number of aromatic nitrogens is 4. The summed E-state index contributed by atoms with van der Waals surface area (Å²) in [5, 5.41) is 4.27. The third-order valence-electron chi connectivity index (χ3n) is 3.24. The van der Waals surface area contributed by atoms with E-state index in [-0.39, 0.29) is 15.8 Å². The molecule has 0 saturated heterocycles. The van der Waals surface area contributed by atoms with Crippen molar-refractivity contribution < 1.29 is 21.6 Å². The Bertz CT molecular complexity index is 1060. The number of fused-ring (bicyclic) bond motifs is 1. The molecule has 0 aliphatic carbocycles. The fourth-order valence-corrected chi connectivity index (χ4v) is 4.23. The van der Waals surface area contributed by atoms with Gasteiger partial charge in [-0.1, -0.05) is 12.1 Å². The molecule has 0 aliphatic rings. The topological polar surface area (TPSA) is 77.2 Å². The summed E-state index contributed by atoms with van der Waals surface area (Å²) in [6.07, 6.45) is 0. The summed E-state index contributed by atoms with van der Waals surface area (Å²) in [5.41, 5.74) is -3.92. The van der Waals surface area contributed by atoms with E-state index in [1.54, 1.807) is 19.9 Å². The van der Waals surface area contributed by atoms with Gasteiger partial charge in [-0.3, -0.25) is 0 Å². The zero-order valence-electron chi connectivity index (χ0n) is 12.9. The van der Waals surface area contributed by atoms with Crippen LogP contribution in [0.25, 0.3) is 5.78 Å². The molecule has 2 heterocycles. The molecular weight excluding hydrogens is 377 g/mol. The molecule has 0 atom stereocenters. The second-order valence-corrected chi connectivity index (χ2v) is 8.06. The molecule has 2 aromatic heterocycles. The molecule has 1 aromatic carbocycles. The first-order valence-corrected chi connectivity index (χ1v) is 9.19. The molecule has 25 heavy (non-hydrogen) atoms. The van der Waals surface area contributed by atoms with Crippen molar-refractivity contribution in [3.05, 3.63) is 41.7 Å². The Hall–Kier alpha value is -2.14. The number of alkyl halides is 3. The Morgan fingerprint density at radius 2 is 1.80 bits per heavy atom. The average molecular weight is 388 g/mol. The maximum Gasteiger partial charge on any atom is 0.501 e. The molecule has 0 amide bonds. The van der Waals surface area contributed by atoms with Gasteiger partial charge >= 0.3 is 5.51 Å². The average Bonchev–Trinajstić information content (AvgIpc) is 2.89. The highest BCUT2D eigenvalue weighted by Gasteiger charge is 2.48. The number of rotatable bonds is 3. The first-order valence-electron chi connectivity index (χ1n) is 6.89. The summed E-state index contributed by atoms with van der Waals surface area (Å²) < 4.78 is 63.5. The number of benzene rings is 1. The second-order valence-electron chi connectivity index (χ2n) is 5.14. The monoisotopic (exact) mass is 388 g/mol. The summed E-state index contributed by atoms with van der Waals surface area (Å²) in [7, 11) is -5.47. The zero-order chi connectivity index (χ0) is 18.4.